The highest BCUT2D eigenvalue weighted by Gasteiger charge is 2.36. The summed E-state index contributed by atoms with van der Waals surface area (Å²) in [6.45, 7) is 11.1. The molecule has 16 heavy (non-hydrogen) atoms. The standard InChI is InChI=1S/C13H26N2O/c1-4-14-13(10(2)3)12-8-15-7-5-6-11(15)9-16-12/h10-14H,4-9H2,1-3H3. The molecule has 1 N–H and O–H groups in total. The summed E-state index contributed by atoms with van der Waals surface area (Å²) in [5.41, 5.74) is 0. The number of likely N-dealkylation sites (N-methyl/N-ethyl adjacent to an activating group) is 1. The summed E-state index contributed by atoms with van der Waals surface area (Å²) in [6.07, 6.45) is 3.07. The van der Waals surface area contributed by atoms with Crippen molar-refractivity contribution in [3.05, 3.63) is 0 Å². The van der Waals surface area contributed by atoms with Gasteiger partial charge in [-0.15, -0.1) is 0 Å². The first kappa shape index (κ1) is 12.3. The van der Waals surface area contributed by atoms with Gasteiger partial charge in [-0.1, -0.05) is 20.8 Å². The number of ether oxygens (including phenoxy) is 1. The summed E-state index contributed by atoms with van der Waals surface area (Å²) in [4.78, 5) is 2.63. The van der Waals surface area contributed by atoms with Gasteiger partial charge in [0, 0.05) is 18.6 Å². The molecule has 3 nitrogen and oxygen atoms in total. The quantitative estimate of drug-likeness (QED) is 0.786. The Hall–Kier alpha value is -0.120. The maximum atomic E-state index is 6.06. The van der Waals surface area contributed by atoms with E-state index < -0.39 is 0 Å². The van der Waals surface area contributed by atoms with E-state index in [0.717, 1.165) is 19.7 Å². The molecule has 0 aromatic rings. The summed E-state index contributed by atoms with van der Waals surface area (Å²) in [6, 6.07) is 1.22. The molecule has 0 aliphatic carbocycles. The molecule has 2 aliphatic rings. The lowest BCUT2D eigenvalue weighted by Gasteiger charge is -2.40. The molecular formula is C13H26N2O. The highest BCUT2D eigenvalue weighted by molar-refractivity contribution is 4.90. The van der Waals surface area contributed by atoms with Crippen molar-refractivity contribution in [3.8, 4) is 0 Å². The molecule has 0 saturated carbocycles. The SMILES string of the molecule is CCNC(C(C)C)C1CN2CCCC2CO1. The topological polar surface area (TPSA) is 24.5 Å². The lowest BCUT2D eigenvalue weighted by Crippen LogP contribution is -2.55. The Bertz CT molecular complexity index is 220. The first-order valence-electron chi connectivity index (χ1n) is 6.81. The minimum Gasteiger partial charge on any atom is -0.374 e. The van der Waals surface area contributed by atoms with Gasteiger partial charge in [0.2, 0.25) is 0 Å². The van der Waals surface area contributed by atoms with Crippen LogP contribution in [0.1, 0.15) is 33.6 Å². The Morgan fingerprint density at radius 3 is 2.94 bits per heavy atom. The Morgan fingerprint density at radius 2 is 2.25 bits per heavy atom. The van der Waals surface area contributed by atoms with E-state index in [1.54, 1.807) is 0 Å². The molecule has 0 bridgehead atoms. The third-order valence-corrected chi connectivity index (χ3v) is 3.97. The highest BCUT2D eigenvalue weighted by atomic mass is 16.5. The van der Waals surface area contributed by atoms with Crippen LogP contribution in [-0.2, 0) is 4.74 Å². The van der Waals surface area contributed by atoms with Crippen molar-refractivity contribution >= 4 is 0 Å². The third-order valence-electron chi connectivity index (χ3n) is 3.97. The van der Waals surface area contributed by atoms with E-state index in [1.165, 1.54) is 19.4 Å². The Kier molecular flexibility index (Phi) is 4.22. The first-order chi connectivity index (χ1) is 7.72. The smallest absolute Gasteiger partial charge is 0.0858 e. The first-order valence-corrected chi connectivity index (χ1v) is 6.81. The summed E-state index contributed by atoms with van der Waals surface area (Å²) in [5.74, 6) is 0.643. The predicted octanol–water partition coefficient (Wildman–Crippen LogP) is 1.48. The monoisotopic (exact) mass is 226 g/mol. The molecule has 3 unspecified atom stereocenters. The molecule has 0 aromatic heterocycles. The molecule has 3 heteroatoms. The molecule has 94 valence electrons. The predicted molar refractivity (Wildman–Crippen MR) is 66.6 cm³/mol. The van der Waals surface area contributed by atoms with Gasteiger partial charge in [0.1, 0.15) is 0 Å². The summed E-state index contributed by atoms with van der Waals surface area (Å²) < 4.78 is 6.06. The number of rotatable bonds is 4. The van der Waals surface area contributed by atoms with Crippen LogP contribution in [0.15, 0.2) is 0 Å². The van der Waals surface area contributed by atoms with E-state index in [-0.39, 0.29) is 0 Å². The van der Waals surface area contributed by atoms with Crippen LogP contribution in [0.25, 0.3) is 0 Å². The van der Waals surface area contributed by atoms with Gasteiger partial charge in [0.05, 0.1) is 12.7 Å². The number of hydrogen-bond donors (Lipinski definition) is 1. The molecule has 0 aromatic carbocycles. The lowest BCUT2D eigenvalue weighted by atomic mass is 9.96. The minimum absolute atomic E-state index is 0.384. The largest absolute Gasteiger partial charge is 0.374 e. The third kappa shape index (κ3) is 2.58. The highest BCUT2D eigenvalue weighted by Crippen LogP contribution is 2.25. The van der Waals surface area contributed by atoms with Crippen LogP contribution >= 0.6 is 0 Å². The van der Waals surface area contributed by atoms with E-state index in [1.807, 2.05) is 0 Å². The van der Waals surface area contributed by atoms with Crippen molar-refractivity contribution in [1.29, 1.82) is 0 Å². The van der Waals surface area contributed by atoms with Crippen LogP contribution in [-0.4, -0.2) is 49.3 Å². The van der Waals surface area contributed by atoms with Crippen LogP contribution in [0.2, 0.25) is 0 Å². The molecule has 2 saturated heterocycles. The fourth-order valence-corrected chi connectivity index (χ4v) is 3.09. The van der Waals surface area contributed by atoms with Crippen LogP contribution in [0, 0.1) is 5.92 Å². The molecule has 0 radical (unpaired) electrons. The molecule has 3 atom stereocenters. The second kappa shape index (κ2) is 5.48. The van der Waals surface area contributed by atoms with Gasteiger partial charge < -0.3 is 10.1 Å². The molecule has 2 aliphatic heterocycles. The molecule has 2 fully saturated rings. The van der Waals surface area contributed by atoms with Crippen molar-refractivity contribution in [2.45, 2.75) is 51.8 Å². The van der Waals surface area contributed by atoms with E-state index in [0.29, 0.717) is 24.1 Å². The normalized spacial score (nSPS) is 33.0. The van der Waals surface area contributed by atoms with Crippen molar-refractivity contribution in [1.82, 2.24) is 10.2 Å². The number of nitrogens with zero attached hydrogens (tertiary/aromatic N) is 1. The number of hydrogen-bond acceptors (Lipinski definition) is 3. The van der Waals surface area contributed by atoms with E-state index in [4.69, 9.17) is 4.74 Å². The van der Waals surface area contributed by atoms with Gasteiger partial charge in [0.25, 0.3) is 0 Å². The summed E-state index contributed by atoms with van der Waals surface area (Å²) in [5, 5.41) is 3.58. The number of nitrogens with one attached hydrogen (secondary N) is 1. The molecule has 2 heterocycles. The maximum Gasteiger partial charge on any atom is 0.0858 e. The molecule has 2 rings (SSSR count). The van der Waals surface area contributed by atoms with Crippen molar-refractivity contribution in [3.63, 3.8) is 0 Å². The summed E-state index contributed by atoms with van der Waals surface area (Å²) in [7, 11) is 0. The zero-order chi connectivity index (χ0) is 11.5. The number of fused-ring (bicyclic) bond motifs is 1. The minimum atomic E-state index is 0.384. The van der Waals surface area contributed by atoms with Gasteiger partial charge in [-0.2, -0.15) is 0 Å². The maximum absolute atomic E-state index is 6.06. The fourth-order valence-electron chi connectivity index (χ4n) is 3.09. The molecular weight excluding hydrogens is 200 g/mol. The fraction of sp³-hybridized carbons (Fsp3) is 1.00. The van der Waals surface area contributed by atoms with Gasteiger partial charge >= 0.3 is 0 Å². The Morgan fingerprint density at radius 1 is 1.44 bits per heavy atom. The van der Waals surface area contributed by atoms with Crippen LogP contribution < -0.4 is 5.32 Å². The van der Waals surface area contributed by atoms with Crippen molar-refractivity contribution in [2.24, 2.45) is 5.92 Å². The average Bonchev–Trinajstić information content (AvgIpc) is 2.72. The van der Waals surface area contributed by atoms with Crippen LogP contribution in [0.5, 0.6) is 0 Å². The Balaban J connectivity index is 1.93. The lowest BCUT2D eigenvalue weighted by molar-refractivity contribution is -0.0709. The molecule has 0 amide bonds. The molecule has 0 spiro atoms. The van der Waals surface area contributed by atoms with Gasteiger partial charge in [-0.05, 0) is 31.8 Å². The van der Waals surface area contributed by atoms with E-state index in [2.05, 4.69) is 31.0 Å². The number of morpholine rings is 1. The van der Waals surface area contributed by atoms with Crippen LogP contribution in [0.3, 0.4) is 0 Å². The van der Waals surface area contributed by atoms with Gasteiger partial charge in [0.15, 0.2) is 0 Å². The van der Waals surface area contributed by atoms with Gasteiger partial charge in [-0.3, -0.25) is 4.90 Å². The zero-order valence-corrected chi connectivity index (χ0v) is 10.9. The van der Waals surface area contributed by atoms with E-state index >= 15 is 0 Å². The zero-order valence-electron chi connectivity index (χ0n) is 10.9. The van der Waals surface area contributed by atoms with E-state index in [9.17, 15) is 0 Å². The van der Waals surface area contributed by atoms with Crippen molar-refractivity contribution in [2.75, 3.05) is 26.2 Å². The van der Waals surface area contributed by atoms with Crippen LogP contribution in [0.4, 0.5) is 0 Å². The average molecular weight is 226 g/mol. The second-order valence-corrected chi connectivity index (χ2v) is 5.49. The van der Waals surface area contributed by atoms with Crippen molar-refractivity contribution < 1.29 is 4.74 Å². The Labute approximate surface area is 99.5 Å². The summed E-state index contributed by atoms with van der Waals surface area (Å²) >= 11 is 0. The second-order valence-electron chi connectivity index (χ2n) is 5.49. The van der Waals surface area contributed by atoms with Gasteiger partial charge in [-0.25, -0.2) is 0 Å².